The van der Waals surface area contributed by atoms with Gasteiger partial charge in [-0.15, -0.1) is 18.3 Å². The summed E-state index contributed by atoms with van der Waals surface area (Å²) in [6.45, 7) is 3.75. The molecule has 0 saturated heterocycles. The zero-order valence-electron chi connectivity index (χ0n) is 10.7. The Kier molecular flexibility index (Phi) is 8.85. The number of benzene rings is 1. The van der Waals surface area contributed by atoms with Gasteiger partial charge >= 0.3 is 0 Å². The molecule has 0 N–H and O–H groups in total. The van der Waals surface area contributed by atoms with Gasteiger partial charge in [-0.05, 0) is 37.1 Å². The molecule has 0 aliphatic heterocycles. The maximum absolute atomic E-state index is 3.75. The van der Waals surface area contributed by atoms with Crippen LogP contribution in [-0.2, 0) is 0 Å². The van der Waals surface area contributed by atoms with Crippen LogP contribution in [0.15, 0.2) is 47.9 Å². The highest BCUT2D eigenvalue weighted by Crippen LogP contribution is 2.19. The average molecular weight is 248 g/mol. The third-order valence-electron chi connectivity index (χ3n) is 2.81. The summed E-state index contributed by atoms with van der Waals surface area (Å²) in [6.07, 6.45) is 11.4. The van der Waals surface area contributed by atoms with Crippen LogP contribution in [-0.4, -0.2) is 5.75 Å². The van der Waals surface area contributed by atoms with Crippen LogP contribution >= 0.6 is 11.8 Å². The number of thioether (sulfide) groups is 1. The van der Waals surface area contributed by atoms with Gasteiger partial charge in [-0.3, -0.25) is 0 Å². The lowest BCUT2D eigenvalue weighted by Gasteiger charge is -2.02. The third kappa shape index (κ3) is 8.09. The molecule has 0 aliphatic rings. The molecule has 0 aromatic heterocycles. The fourth-order valence-corrected chi connectivity index (χ4v) is 2.74. The van der Waals surface area contributed by atoms with Crippen molar-refractivity contribution >= 4 is 11.8 Å². The fourth-order valence-electron chi connectivity index (χ4n) is 1.80. The van der Waals surface area contributed by atoms with Gasteiger partial charge in [0.1, 0.15) is 0 Å². The Morgan fingerprint density at radius 1 is 0.882 bits per heavy atom. The number of unbranched alkanes of at least 4 members (excludes halogenated alkanes) is 6. The summed E-state index contributed by atoms with van der Waals surface area (Å²) in [5, 5.41) is 0. The highest BCUT2D eigenvalue weighted by atomic mass is 32.2. The molecular weight excluding hydrogens is 224 g/mol. The Balaban J connectivity index is 1.86. The molecule has 0 fully saturated rings. The molecule has 94 valence electrons. The van der Waals surface area contributed by atoms with Crippen molar-refractivity contribution in [1.82, 2.24) is 0 Å². The highest BCUT2D eigenvalue weighted by molar-refractivity contribution is 7.99. The number of hydrogen-bond acceptors (Lipinski definition) is 1. The van der Waals surface area contributed by atoms with E-state index in [1.54, 1.807) is 0 Å². The third-order valence-corrected chi connectivity index (χ3v) is 3.91. The molecule has 0 bridgehead atoms. The van der Waals surface area contributed by atoms with Crippen LogP contribution in [0.5, 0.6) is 0 Å². The minimum atomic E-state index is 1.18. The Bertz CT molecular complexity index is 279. The number of allylic oxidation sites excluding steroid dienone is 1. The van der Waals surface area contributed by atoms with Crippen LogP contribution in [0.2, 0.25) is 0 Å². The van der Waals surface area contributed by atoms with E-state index in [1.165, 1.54) is 55.6 Å². The van der Waals surface area contributed by atoms with Crippen molar-refractivity contribution in [3.63, 3.8) is 0 Å². The minimum absolute atomic E-state index is 1.18. The molecule has 0 saturated carbocycles. The van der Waals surface area contributed by atoms with Crippen molar-refractivity contribution in [3.8, 4) is 0 Å². The molecule has 0 unspecified atom stereocenters. The second-order valence-corrected chi connectivity index (χ2v) is 5.53. The maximum atomic E-state index is 3.75. The lowest BCUT2D eigenvalue weighted by atomic mass is 10.1. The largest absolute Gasteiger partial charge is 0.126 e. The van der Waals surface area contributed by atoms with Crippen LogP contribution in [0.4, 0.5) is 0 Å². The van der Waals surface area contributed by atoms with Gasteiger partial charge in [0.25, 0.3) is 0 Å². The normalized spacial score (nSPS) is 10.4. The molecule has 1 rings (SSSR count). The van der Waals surface area contributed by atoms with E-state index in [0.29, 0.717) is 0 Å². The predicted molar refractivity (Wildman–Crippen MR) is 79.7 cm³/mol. The first kappa shape index (κ1) is 14.4. The molecule has 0 atom stereocenters. The Hall–Kier alpha value is -0.690. The second kappa shape index (κ2) is 10.5. The SMILES string of the molecule is C=CCCCCCCCCSc1ccccc1. The van der Waals surface area contributed by atoms with Gasteiger partial charge in [-0.1, -0.05) is 50.0 Å². The van der Waals surface area contributed by atoms with Gasteiger partial charge in [0, 0.05) is 4.90 Å². The molecule has 1 aromatic carbocycles. The first-order valence-electron chi connectivity index (χ1n) is 6.72. The summed E-state index contributed by atoms with van der Waals surface area (Å²) in [4.78, 5) is 1.40. The highest BCUT2D eigenvalue weighted by Gasteiger charge is 1.93. The number of hydrogen-bond donors (Lipinski definition) is 0. The van der Waals surface area contributed by atoms with Gasteiger partial charge in [-0.2, -0.15) is 0 Å². The summed E-state index contributed by atoms with van der Waals surface area (Å²) in [5.74, 6) is 1.26. The van der Waals surface area contributed by atoms with Gasteiger partial charge in [-0.25, -0.2) is 0 Å². The van der Waals surface area contributed by atoms with E-state index in [-0.39, 0.29) is 0 Å². The van der Waals surface area contributed by atoms with E-state index in [1.807, 2.05) is 17.8 Å². The van der Waals surface area contributed by atoms with E-state index < -0.39 is 0 Å². The second-order valence-electron chi connectivity index (χ2n) is 4.36. The summed E-state index contributed by atoms with van der Waals surface area (Å²) in [7, 11) is 0. The van der Waals surface area contributed by atoms with Gasteiger partial charge in [0.15, 0.2) is 0 Å². The van der Waals surface area contributed by atoms with Crippen molar-refractivity contribution in [2.24, 2.45) is 0 Å². The van der Waals surface area contributed by atoms with Gasteiger partial charge in [0.05, 0.1) is 0 Å². The zero-order chi connectivity index (χ0) is 12.2. The van der Waals surface area contributed by atoms with Crippen LogP contribution in [0, 0.1) is 0 Å². The molecular formula is C16H24S. The molecule has 17 heavy (non-hydrogen) atoms. The van der Waals surface area contributed by atoms with Crippen molar-refractivity contribution in [2.75, 3.05) is 5.75 Å². The van der Waals surface area contributed by atoms with Crippen LogP contribution in [0.3, 0.4) is 0 Å². The molecule has 1 aromatic rings. The fraction of sp³-hybridized carbons (Fsp3) is 0.500. The molecule has 0 amide bonds. The lowest BCUT2D eigenvalue weighted by Crippen LogP contribution is -1.83. The monoisotopic (exact) mass is 248 g/mol. The van der Waals surface area contributed by atoms with Gasteiger partial charge < -0.3 is 0 Å². The summed E-state index contributed by atoms with van der Waals surface area (Å²) in [5.41, 5.74) is 0. The van der Waals surface area contributed by atoms with E-state index >= 15 is 0 Å². The molecule has 0 spiro atoms. The van der Waals surface area contributed by atoms with Gasteiger partial charge in [0.2, 0.25) is 0 Å². The Morgan fingerprint density at radius 3 is 2.24 bits per heavy atom. The summed E-state index contributed by atoms with van der Waals surface area (Å²) >= 11 is 1.98. The first-order chi connectivity index (χ1) is 8.43. The van der Waals surface area contributed by atoms with Crippen LogP contribution < -0.4 is 0 Å². The van der Waals surface area contributed by atoms with Crippen molar-refractivity contribution < 1.29 is 0 Å². The smallest absolute Gasteiger partial charge is 0.00719 e. The average Bonchev–Trinajstić information content (AvgIpc) is 2.38. The van der Waals surface area contributed by atoms with Crippen molar-refractivity contribution in [2.45, 2.75) is 49.8 Å². The summed E-state index contributed by atoms with van der Waals surface area (Å²) < 4.78 is 0. The summed E-state index contributed by atoms with van der Waals surface area (Å²) in [6, 6.07) is 10.7. The Morgan fingerprint density at radius 2 is 1.53 bits per heavy atom. The van der Waals surface area contributed by atoms with E-state index in [4.69, 9.17) is 0 Å². The zero-order valence-corrected chi connectivity index (χ0v) is 11.6. The first-order valence-corrected chi connectivity index (χ1v) is 7.71. The molecule has 0 aliphatic carbocycles. The molecule has 0 nitrogen and oxygen atoms in total. The Labute approximate surface area is 111 Å². The minimum Gasteiger partial charge on any atom is -0.126 e. The molecule has 0 heterocycles. The molecule has 1 heteroatoms. The van der Waals surface area contributed by atoms with Crippen molar-refractivity contribution in [1.29, 1.82) is 0 Å². The quantitative estimate of drug-likeness (QED) is 0.291. The maximum Gasteiger partial charge on any atom is 0.00719 e. The topological polar surface area (TPSA) is 0 Å². The van der Waals surface area contributed by atoms with E-state index in [2.05, 4.69) is 36.9 Å². The van der Waals surface area contributed by atoms with E-state index in [0.717, 1.165) is 0 Å². The standard InChI is InChI=1S/C16H24S/c1-2-3-4-5-6-7-8-12-15-17-16-13-10-9-11-14-16/h2,9-11,13-14H,1,3-8,12,15H2. The number of rotatable bonds is 10. The van der Waals surface area contributed by atoms with Crippen LogP contribution in [0.25, 0.3) is 0 Å². The molecule has 0 radical (unpaired) electrons. The van der Waals surface area contributed by atoms with E-state index in [9.17, 15) is 0 Å². The van der Waals surface area contributed by atoms with Crippen LogP contribution in [0.1, 0.15) is 44.9 Å². The van der Waals surface area contributed by atoms with Crippen molar-refractivity contribution in [3.05, 3.63) is 43.0 Å². The predicted octanol–water partition coefficient (Wildman–Crippen LogP) is 5.70. The lowest BCUT2D eigenvalue weighted by molar-refractivity contribution is 0.613.